The smallest absolute Gasteiger partial charge is 0.301 e. The summed E-state index contributed by atoms with van der Waals surface area (Å²) in [6, 6.07) is 28.7. The van der Waals surface area contributed by atoms with Gasteiger partial charge in [-0.1, -0.05) is 83.3 Å². The third-order valence-corrected chi connectivity index (χ3v) is 9.41. The number of ketones is 1. The zero-order valence-electron chi connectivity index (χ0n) is 24.4. The molecule has 1 saturated heterocycles. The number of hydrogen-bond acceptors (Lipinski definition) is 10. The number of aliphatic hydroxyl groups is 1. The minimum absolute atomic E-state index is 0.155. The maximum Gasteiger partial charge on any atom is 0.301 e. The zero-order valence-corrected chi connectivity index (χ0v) is 26.0. The fourth-order valence-corrected chi connectivity index (χ4v) is 6.86. The summed E-state index contributed by atoms with van der Waals surface area (Å²) in [5, 5.41) is 31.4. The van der Waals surface area contributed by atoms with Crippen molar-refractivity contribution in [1.29, 1.82) is 0 Å². The molecule has 1 atom stereocenters. The molecule has 1 fully saturated rings. The SMILES string of the molecule is Cc1cccc(COc2ccc(C(O)=C3C(=O)C(=O)N(c4nnc(SCc5ccccc5)s4)C3c3ccc([N+](=O)[O-])cc3)cc2)c1. The number of nitro benzene ring substituents is 1. The van der Waals surface area contributed by atoms with E-state index in [1.165, 1.54) is 40.9 Å². The molecular formula is C34H26N4O6S2. The standard InChI is InChI=1S/C34H26N4O6S2/c1-21-6-5-9-23(18-21)19-44-27-16-12-25(13-17-27)30(39)28-29(24-10-14-26(15-11-24)38(42)43)37(32(41)31(28)40)33-35-36-34(46-33)45-20-22-7-3-2-4-8-22/h2-18,29,39H,19-20H2,1H3. The zero-order chi connectivity index (χ0) is 32.2. The van der Waals surface area contributed by atoms with E-state index in [0.717, 1.165) is 28.0 Å². The third kappa shape index (κ3) is 6.53. The summed E-state index contributed by atoms with van der Waals surface area (Å²) < 4.78 is 6.48. The van der Waals surface area contributed by atoms with Crippen LogP contribution in [-0.4, -0.2) is 31.9 Å². The second kappa shape index (κ2) is 13.3. The van der Waals surface area contributed by atoms with Gasteiger partial charge in [0, 0.05) is 23.4 Å². The van der Waals surface area contributed by atoms with E-state index in [4.69, 9.17) is 4.74 Å². The second-order valence-electron chi connectivity index (χ2n) is 10.4. The number of benzene rings is 4. The fraction of sp³-hybridized carbons (Fsp3) is 0.118. The van der Waals surface area contributed by atoms with Gasteiger partial charge in [-0.15, -0.1) is 10.2 Å². The van der Waals surface area contributed by atoms with Crippen LogP contribution < -0.4 is 9.64 Å². The molecule has 6 rings (SSSR count). The summed E-state index contributed by atoms with van der Waals surface area (Å²) in [5.74, 6) is -1.00. The first kappa shape index (κ1) is 30.7. The van der Waals surface area contributed by atoms with E-state index in [9.17, 15) is 24.8 Å². The summed E-state index contributed by atoms with van der Waals surface area (Å²) in [7, 11) is 0. The van der Waals surface area contributed by atoms with Crippen LogP contribution in [0.5, 0.6) is 5.75 Å². The lowest BCUT2D eigenvalue weighted by Crippen LogP contribution is -2.29. The molecule has 10 nitrogen and oxygen atoms in total. The van der Waals surface area contributed by atoms with Crippen LogP contribution in [0.4, 0.5) is 10.8 Å². The topological polar surface area (TPSA) is 136 Å². The molecule has 1 N–H and O–H groups in total. The molecular weight excluding hydrogens is 625 g/mol. The van der Waals surface area contributed by atoms with Crippen LogP contribution in [0.2, 0.25) is 0 Å². The number of ether oxygens (including phenoxy) is 1. The number of thioether (sulfide) groups is 1. The van der Waals surface area contributed by atoms with Gasteiger partial charge in [0.1, 0.15) is 18.1 Å². The Morgan fingerprint density at radius 2 is 1.67 bits per heavy atom. The van der Waals surface area contributed by atoms with Crippen molar-refractivity contribution in [1.82, 2.24) is 10.2 Å². The first-order valence-electron chi connectivity index (χ1n) is 14.1. The number of Topliss-reactive ketones (excluding diaryl/α,β-unsaturated/α-hetero) is 1. The second-order valence-corrected chi connectivity index (χ2v) is 12.6. The van der Waals surface area contributed by atoms with Gasteiger partial charge >= 0.3 is 5.91 Å². The minimum atomic E-state index is -1.10. The van der Waals surface area contributed by atoms with E-state index >= 15 is 0 Å². The molecule has 0 spiro atoms. The maximum absolute atomic E-state index is 13.5. The maximum atomic E-state index is 13.5. The summed E-state index contributed by atoms with van der Waals surface area (Å²) in [4.78, 5) is 39.1. The number of amides is 1. The summed E-state index contributed by atoms with van der Waals surface area (Å²) >= 11 is 2.58. The molecule has 0 radical (unpaired) electrons. The van der Waals surface area contributed by atoms with E-state index in [2.05, 4.69) is 10.2 Å². The van der Waals surface area contributed by atoms with Crippen molar-refractivity contribution in [3.63, 3.8) is 0 Å². The molecule has 1 aromatic heterocycles. The molecule has 0 bridgehead atoms. The number of rotatable bonds is 10. The molecule has 0 saturated carbocycles. The Labute approximate surface area is 272 Å². The van der Waals surface area contributed by atoms with Crippen LogP contribution in [0.25, 0.3) is 5.76 Å². The first-order valence-corrected chi connectivity index (χ1v) is 15.9. The summed E-state index contributed by atoms with van der Waals surface area (Å²) in [6.45, 7) is 2.36. The molecule has 4 aromatic carbocycles. The van der Waals surface area contributed by atoms with E-state index < -0.39 is 28.4 Å². The number of aliphatic hydroxyl groups excluding tert-OH is 1. The van der Waals surface area contributed by atoms with Gasteiger partial charge in [-0.3, -0.25) is 24.6 Å². The number of non-ortho nitro benzene ring substituents is 1. The third-order valence-electron chi connectivity index (χ3n) is 7.29. The normalized spacial score (nSPS) is 15.7. The number of aryl methyl sites for hydroxylation is 1. The number of nitrogens with zero attached hydrogens (tertiary/aromatic N) is 4. The van der Waals surface area contributed by atoms with Gasteiger partial charge in [-0.25, -0.2) is 0 Å². The van der Waals surface area contributed by atoms with Crippen molar-refractivity contribution in [3.8, 4) is 5.75 Å². The molecule has 12 heteroatoms. The van der Waals surface area contributed by atoms with E-state index in [1.54, 1.807) is 24.3 Å². The van der Waals surface area contributed by atoms with Gasteiger partial charge in [0.15, 0.2) is 4.34 Å². The van der Waals surface area contributed by atoms with Crippen LogP contribution in [0, 0.1) is 17.0 Å². The monoisotopic (exact) mass is 650 g/mol. The fourth-order valence-electron chi connectivity index (χ4n) is 5.03. The molecule has 1 unspecified atom stereocenters. The summed E-state index contributed by atoms with van der Waals surface area (Å²) in [5.41, 5.74) is 3.58. The highest BCUT2D eigenvalue weighted by molar-refractivity contribution is 8.00. The quantitative estimate of drug-likeness (QED) is 0.0315. The lowest BCUT2D eigenvalue weighted by atomic mass is 9.95. The van der Waals surface area contributed by atoms with Crippen LogP contribution in [0.1, 0.15) is 33.9 Å². The molecule has 1 aliphatic rings. The number of hydrogen-bond donors (Lipinski definition) is 1. The predicted octanol–water partition coefficient (Wildman–Crippen LogP) is 7.25. The Hall–Kier alpha value is -5.33. The Morgan fingerprint density at radius 3 is 2.37 bits per heavy atom. The highest BCUT2D eigenvalue weighted by Crippen LogP contribution is 2.44. The average molecular weight is 651 g/mol. The van der Waals surface area contributed by atoms with Gasteiger partial charge < -0.3 is 9.84 Å². The Kier molecular flexibility index (Phi) is 8.90. The summed E-state index contributed by atoms with van der Waals surface area (Å²) in [6.07, 6.45) is 0. The number of anilines is 1. The van der Waals surface area contributed by atoms with Gasteiger partial charge in [-0.2, -0.15) is 0 Å². The molecule has 5 aromatic rings. The van der Waals surface area contributed by atoms with Crippen molar-refractivity contribution < 1.29 is 24.4 Å². The number of carbonyl (C=O) groups excluding carboxylic acids is 2. The highest BCUT2D eigenvalue weighted by Gasteiger charge is 2.48. The van der Waals surface area contributed by atoms with E-state index in [-0.39, 0.29) is 16.4 Å². The van der Waals surface area contributed by atoms with Crippen molar-refractivity contribution in [3.05, 3.63) is 147 Å². The van der Waals surface area contributed by atoms with Crippen LogP contribution >= 0.6 is 23.1 Å². The first-order chi connectivity index (χ1) is 22.3. The molecule has 46 heavy (non-hydrogen) atoms. The van der Waals surface area contributed by atoms with E-state index in [0.29, 0.717) is 33.6 Å². The van der Waals surface area contributed by atoms with Crippen molar-refractivity contribution in [2.24, 2.45) is 0 Å². The molecule has 1 amide bonds. The largest absolute Gasteiger partial charge is 0.507 e. The Bertz CT molecular complexity index is 1940. The lowest BCUT2D eigenvalue weighted by Gasteiger charge is -2.22. The molecule has 230 valence electrons. The van der Waals surface area contributed by atoms with E-state index in [1.807, 2.05) is 61.5 Å². The van der Waals surface area contributed by atoms with Crippen molar-refractivity contribution in [2.75, 3.05) is 4.90 Å². The van der Waals surface area contributed by atoms with Gasteiger partial charge in [0.2, 0.25) is 5.13 Å². The molecule has 0 aliphatic carbocycles. The number of aromatic nitrogens is 2. The van der Waals surface area contributed by atoms with Gasteiger partial charge in [0.25, 0.3) is 11.5 Å². The average Bonchev–Trinajstić information content (AvgIpc) is 3.65. The van der Waals surface area contributed by atoms with Crippen LogP contribution in [0.15, 0.2) is 113 Å². The van der Waals surface area contributed by atoms with Crippen molar-refractivity contribution >= 4 is 51.4 Å². The van der Waals surface area contributed by atoms with Crippen LogP contribution in [-0.2, 0) is 21.9 Å². The Balaban J connectivity index is 1.32. The minimum Gasteiger partial charge on any atom is -0.507 e. The van der Waals surface area contributed by atoms with Gasteiger partial charge in [-0.05, 0) is 60.0 Å². The van der Waals surface area contributed by atoms with Gasteiger partial charge in [0.05, 0.1) is 16.5 Å². The lowest BCUT2D eigenvalue weighted by molar-refractivity contribution is -0.384. The molecule has 2 heterocycles. The number of nitro groups is 1. The Morgan fingerprint density at radius 1 is 0.957 bits per heavy atom. The van der Waals surface area contributed by atoms with Crippen LogP contribution in [0.3, 0.4) is 0 Å². The molecule has 1 aliphatic heterocycles. The highest BCUT2D eigenvalue weighted by atomic mass is 32.2. The predicted molar refractivity (Wildman–Crippen MR) is 176 cm³/mol. The number of carbonyl (C=O) groups is 2. The van der Waals surface area contributed by atoms with Crippen molar-refractivity contribution in [2.45, 2.75) is 29.7 Å².